The molecule has 0 aliphatic carbocycles. The lowest BCUT2D eigenvalue weighted by molar-refractivity contribution is -0.115. The molecule has 0 saturated heterocycles. The van der Waals surface area contributed by atoms with Crippen molar-refractivity contribution in [1.29, 1.82) is 0 Å². The van der Waals surface area contributed by atoms with E-state index >= 15 is 0 Å². The van der Waals surface area contributed by atoms with Crippen molar-refractivity contribution in [2.24, 2.45) is 0 Å². The lowest BCUT2D eigenvalue weighted by atomic mass is 10.2. The summed E-state index contributed by atoms with van der Waals surface area (Å²) in [6, 6.07) is 5.58. The minimum Gasteiger partial charge on any atom is -0.343 e. The highest BCUT2D eigenvalue weighted by molar-refractivity contribution is 7.13. The average Bonchev–Trinajstić information content (AvgIpc) is 2.82. The fourth-order valence-electron chi connectivity index (χ4n) is 1.48. The number of thiazole rings is 1. The number of nitrogens with one attached hydrogen (secondary N) is 2. The molecule has 0 aliphatic rings. The zero-order chi connectivity index (χ0) is 14.5. The van der Waals surface area contributed by atoms with E-state index in [1.165, 1.54) is 29.5 Å². The van der Waals surface area contributed by atoms with Crippen molar-refractivity contribution in [1.82, 2.24) is 10.3 Å². The molecule has 1 aromatic carbocycles. The molecular formula is C13H12FN3O2S. The molecule has 0 saturated carbocycles. The molecule has 2 aromatic rings. The van der Waals surface area contributed by atoms with Crippen LogP contribution in [0.5, 0.6) is 0 Å². The van der Waals surface area contributed by atoms with Crippen LogP contribution in [0.1, 0.15) is 16.1 Å². The van der Waals surface area contributed by atoms with Gasteiger partial charge in [0, 0.05) is 5.38 Å². The van der Waals surface area contributed by atoms with E-state index in [0.29, 0.717) is 5.13 Å². The van der Waals surface area contributed by atoms with Gasteiger partial charge in [0.05, 0.1) is 17.8 Å². The first-order valence-electron chi connectivity index (χ1n) is 5.81. The van der Waals surface area contributed by atoms with Crippen molar-refractivity contribution >= 4 is 28.3 Å². The van der Waals surface area contributed by atoms with Gasteiger partial charge in [0.15, 0.2) is 5.13 Å². The van der Waals surface area contributed by atoms with Crippen LogP contribution < -0.4 is 10.6 Å². The van der Waals surface area contributed by atoms with E-state index in [1.54, 1.807) is 11.4 Å². The highest BCUT2D eigenvalue weighted by Gasteiger charge is 2.12. The lowest BCUT2D eigenvalue weighted by Crippen LogP contribution is -2.33. The Hall–Kier alpha value is -2.28. The minimum atomic E-state index is -0.631. The number of anilines is 1. The van der Waals surface area contributed by atoms with Crippen LogP contribution in [0.15, 0.2) is 29.6 Å². The van der Waals surface area contributed by atoms with Gasteiger partial charge in [0.25, 0.3) is 5.91 Å². The smallest absolute Gasteiger partial charge is 0.254 e. The summed E-state index contributed by atoms with van der Waals surface area (Å²) in [5.74, 6) is -1.67. The first-order valence-corrected chi connectivity index (χ1v) is 6.69. The fourth-order valence-corrected chi connectivity index (χ4v) is 2.18. The third-order valence-electron chi connectivity index (χ3n) is 2.39. The molecule has 0 aliphatic heterocycles. The van der Waals surface area contributed by atoms with Gasteiger partial charge in [-0.2, -0.15) is 0 Å². The molecule has 0 bridgehead atoms. The third kappa shape index (κ3) is 3.61. The number of carbonyl (C=O) groups excluding carboxylic acids is 2. The Kier molecular flexibility index (Phi) is 4.41. The van der Waals surface area contributed by atoms with Crippen molar-refractivity contribution in [3.8, 4) is 0 Å². The van der Waals surface area contributed by atoms with E-state index in [9.17, 15) is 14.0 Å². The molecule has 1 aromatic heterocycles. The van der Waals surface area contributed by atoms with Crippen LogP contribution in [0.4, 0.5) is 9.52 Å². The van der Waals surface area contributed by atoms with E-state index in [-0.39, 0.29) is 12.1 Å². The van der Waals surface area contributed by atoms with Crippen molar-refractivity contribution in [3.63, 3.8) is 0 Å². The Bertz CT molecular complexity index is 642. The van der Waals surface area contributed by atoms with Crippen molar-refractivity contribution in [2.75, 3.05) is 11.9 Å². The number of halogens is 1. The summed E-state index contributed by atoms with van der Waals surface area (Å²) in [5, 5.41) is 7.16. The second-order valence-corrected chi connectivity index (χ2v) is 4.86. The van der Waals surface area contributed by atoms with Crippen LogP contribution in [-0.4, -0.2) is 23.3 Å². The van der Waals surface area contributed by atoms with Crippen LogP contribution in [0.3, 0.4) is 0 Å². The summed E-state index contributed by atoms with van der Waals surface area (Å²) < 4.78 is 13.3. The SMILES string of the molecule is Cc1csc(NC(=O)CNC(=O)c2ccccc2F)n1. The van der Waals surface area contributed by atoms with Crippen LogP contribution in [0, 0.1) is 12.7 Å². The van der Waals surface area contributed by atoms with Gasteiger partial charge in [0.1, 0.15) is 5.82 Å². The van der Waals surface area contributed by atoms with Gasteiger partial charge in [-0.1, -0.05) is 12.1 Å². The summed E-state index contributed by atoms with van der Waals surface area (Å²) >= 11 is 1.30. The van der Waals surface area contributed by atoms with Crippen LogP contribution in [0.2, 0.25) is 0 Å². The molecule has 1 heterocycles. The average molecular weight is 293 g/mol. The largest absolute Gasteiger partial charge is 0.343 e. The fraction of sp³-hybridized carbons (Fsp3) is 0.154. The molecule has 20 heavy (non-hydrogen) atoms. The number of carbonyl (C=O) groups is 2. The highest BCUT2D eigenvalue weighted by atomic mass is 32.1. The van der Waals surface area contributed by atoms with Gasteiger partial charge in [-0.05, 0) is 19.1 Å². The second kappa shape index (κ2) is 6.25. The number of amides is 2. The Labute approximate surface area is 118 Å². The normalized spacial score (nSPS) is 10.1. The van der Waals surface area contributed by atoms with E-state index in [0.717, 1.165) is 5.69 Å². The van der Waals surface area contributed by atoms with Crippen molar-refractivity contribution in [3.05, 3.63) is 46.7 Å². The molecule has 2 amide bonds. The highest BCUT2D eigenvalue weighted by Crippen LogP contribution is 2.13. The molecule has 5 nitrogen and oxygen atoms in total. The zero-order valence-corrected chi connectivity index (χ0v) is 11.5. The molecule has 7 heteroatoms. The van der Waals surface area contributed by atoms with Crippen LogP contribution in [-0.2, 0) is 4.79 Å². The topological polar surface area (TPSA) is 71.1 Å². The maximum absolute atomic E-state index is 13.3. The van der Waals surface area contributed by atoms with E-state index in [2.05, 4.69) is 15.6 Å². The Balaban J connectivity index is 1.87. The van der Waals surface area contributed by atoms with E-state index < -0.39 is 17.6 Å². The molecule has 0 fully saturated rings. The molecule has 2 N–H and O–H groups in total. The predicted molar refractivity (Wildman–Crippen MR) is 74.2 cm³/mol. The van der Waals surface area contributed by atoms with Gasteiger partial charge in [-0.3, -0.25) is 9.59 Å². The van der Waals surface area contributed by atoms with E-state index in [4.69, 9.17) is 0 Å². The quantitative estimate of drug-likeness (QED) is 0.905. The molecule has 2 rings (SSSR count). The summed E-state index contributed by atoms with van der Waals surface area (Å²) in [5.41, 5.74) is 0.714. The molecule has 0 radical (unpaired) electrons. The number of hydrogen-bond donors (Lipinski definition) is 2. The van der Waals surface area contributed by atoms with Crippen molar-refractivity contribution < 1.29 is 14.0 Å². The van der Waals surface area contributed by atoms with Gasteiger partial charge in [0.2, 0.25) is 5.91 Å². The number of rotatable bonds is 4. The third-order valence-corrected chi connectivity index (χ3v) is 3.27. The Morgan fingerprint density at radius 1 is 1.35 bits per heavy atom. The molecule has 0 unspecified atom stereocenters. The lowest BCUT2D eigenvalue weighted by Gasteiger charge is -2.05. The monoisotopic (exact) mass is 293 g/mol. The predicted octanol–water partition coefficient (Wildman–Crippen LogP) is 1.96. The summed E-state index contributed by atoms with van der Waals surface area (Å²) in [7, 11) is 0. The maximum atomic E-state index is 13.3. The van der Waals surface area contributed by atoms with Gasteiger partial charge in [-0.25, -0.2) is 9.37 Å². The number of benzene rings is 1. The molecule has 0 atom stereocenters. The number of aromatic nitrogens is 1. The number of nitrogens with zero attached hydrogens (tertiary/aromatic N) is 1. The Morgan fingerprint density at radius 2 is 2.10 bits per heavy atom. The standard InChI is InChI=1S/C13H12FN3O2S/c1-8-7-20-13(16-8)17-11(18)6-15-12(19)9-4-2-3-5-10(9)14/h2-5,7H,6H2,1H3,(H,15,19)(H,16,17,18). The summed E-state index contributed by atoms with van der Waals surface area (Å²) in [6.45, 7) is 1.57. The molecule has 0 spiro atoms. The summed E-state index contributed by atoms with van der Waals surface area (Å²) in [6.07, 6.45) is 0. The minimum absolute atomic E-state index is 0.0922. The van der Waals surface area contributed by atoms with Gasteiger partial charge < -0.3 is 10.6 Å². The first kappa shape index (κ1) is 14.1. The van der Waals surface area contributed by atoms with Crippen LogP contribution >= 0.6 is 11.3 Å². The van der Waals surface area contributed by atoms with E-state index in [1.807, 2.05) is 6.92 Å². The second-order valence-electron chi connectivity index (χ2n) is 4.00. The maximum Gasteiger partial charge on any atom is 0.254 e. The summed E-state index contributed by atoms with van der Waals surface area (Å²) in [4.78, 5) is 27.3. The zero-order valence-electron chi connectivity index (χ0n) is 10.6. The van der Waals surface area contributed by atoms with Crippen molar-refractivity contribution in [2.45, 2.75) is 6.92 Å². The van der Waals surface area contributed by atoms with Gasteiger partial charge in [-0.15, -0.1) is 11.3 Å². The molecule has 104 valence electrons. The first-order chi connectivity index (χ1) is 9.56. The number of hydrogen-bond acceptors (Lipinski definition) is 4. The van der Waals surface area contributed by atoms with Crippen LogP contribution in [0.25, 0.3) is 0 Å². The van der Waals surface area contributed by atoms with Gasteiger partial charge >= 0.3 is 0 Å². The Morgan fingerprint density at radius 3 is 2.75 bits per heavy atom. The molecular weight excluding hydrogens is 281 g/mol. The number of aryl methyl sites for hydroxylation is 1.